The molecule has 57 valence electrons. The fraction of sp³-hybridized carbons (Fsp3) is 0.500. The number of aromatic nitrogens is 2. The SMILES string of the molecule is COc1c[c]nc(C2CC2)n1. The van der Waals surface area contributed by atoms with E-state index in [1.807, 2.05) is 0 Å². The Morgan fingerprint density at radius 3 is 3.09 bits per heavy atom. The predicted octanol–water partition coefficient (Wildman–Crippen LogP) is 1.16. The van der Waals surface area contributed by atoms with Crippen LogP contribution in [-0.2, 0) is 0 Å². The first-order valence-corrected chi connectivity index (χ1v) is 3.69. The fourth-order valence-corrected chi connectivity index (χ4v) is 0.952. The Bertz CT molecular complexity index is 258. The van der Waals surface area contributed by atoms with Gasteiger partial charge < -0.3 is 4.74 Å². The van der Waals surface area contributed by atoms with Crippen LogP contribution in [-0.4, -0.2) is 17.1 Å². The summed E-state index contributed by atoms with van der Waals surface area (Å²) in [5.74, 6) is 2.06. The standard InChI is InChI=1S/C8H9N2O/c1-11-7-4-5-9-8(10-7)6-2-3-6/h4,6H,2-3H2,1H3. The van der Waals surface area contributed by atoms with E-state index in [1.54, 1.807) is 13.2 Å². The first kappa shape index (κ1) is 6.58. The minimum Gasteiger partial charge on any atom is -0.481 e. The molecule has 0 aliphatic heterocycles. The predicted molar refractivity (Wildman–Crippen MR) is 39.4 cm³/mol. The normalized spacial score (nSPS) is 16.5. The highest BCUT2D eigenvalue weighted by molar-refractivity contribution is 5.12. The lowest BCUT2D eigenvalue weighted by Crippen LogP contribution is -1.94. The average molecular weight is 149 g/mol. The largest absolute Gasteiger partial charge is 0.481 e. The third kappa shape index (κ3) is 1.31. The molecule has 3 heteroatoms. The summed E-state index contributed by atoms with van der Waals surface area (Å²) in [7, 11) is 1.60. The zero-order valence-corrected chi connectivity index (χ0v) is 6.37. The molecule has 1 radical (unpaired) electrons. The molecular formula is C8H9N2O. The van der Waals surface area contributed by atoms with Crippen molar-refractivity contribution in [3.05, 3.63) is 18.1 Å². The smallest absolute Gasteiger partial charge is 0.216 e. The Morgan fingerprint density at radius 2 is 2.45 bits per heavy atom. The van der Waals surface area contributed by atoms with E-state index in [4.69, 9.17) is 4.74 Å². The summed E-state index contributed by atoms with van der Waals surface area (Å²) < 4.78 is 4.95. The van der Waals surface area contributed by atoms with Crippen LogP contribution in [0, 0.1) is 6.20 Å². The van der Waals surface area contributed by atoms with Crippen LogP contribution < -0.4 is 4.74 Å². The summed E-state index contributed by atoms with van der Waals surface area (Å²) >= 11 is 0. The Balaban J connectivity index is 2.26. The van der Waals surface area contributed by atoms with E-state index in [2.05, 4.69) is 16.2 Å². The van der Waals surface area contributed by atoms with E-state index in [0.717, 1.165) is 5.82 Å². The van der Waals surface area contributed by atoms with Crippen molar-refractivity contribution >= 4 is 0 Å². The van der Waals surface area contributed by atoms with Gasteiger partial charge in [0.1, 0.15) is 5.82 Å². The van der Waals surface area contributed by atoms with Gasteiger partial charge >= 0.3 is 0 Å². The number of methoxy groups -OCH3 is 1. The van der Waals surface area contributed by atoms with Gasteiger partial charge in [-0.15, -0.1) is 0 Å². The Morgan fingerprint density at radius 1 is 1.64 bits per heavy atom. The zero-order chi connectivity index (χ0) is 7.68. The highest BCUT2D eigenvalue weighted by Gasteiger charge is 2.26. The zero-order valence-electron chi connectivity index (χ0n) is 6.37. The van der Waals surface area contributed by atoms with Crippen LogP contribution in [0.1, 0.15) is 24.6 Å². The van der Waals surface area contributed by atoms with Gasteiger partial charge in [-0.25, -0.2) is 4.98 Å². The fourth-order valence-electron chi connectivity index (χ4n) is 0.952. The molecule has 0 atom stereocenters. The maximum atomic E-state index is 4.95. The molecule has 1 aliphatic rings. The third-order valence-electron chi connectivity index (χ3n) is 1.74. The number of ether oxygens (including phenoxy) is 1. The number of nitrogens with zero attached hydrogens (tertiary/aromatic N) is 2. The lowest BCUT2D eigenvalue weighted by Gasteiger charge is -1.98. The molecule has 1 saturated carbocycles. The summed E-state index contributed by atoms with van der Waals surface area (Å²) in [5, 5.41) is 0. The van der Waals surface area contributed by atoms with Gasteiger partial charge in [0.2, 0.25) is 5.88 Å². The van der Waals surface area contributed by atoms with Crippen molar-refractivity contribution in [1.29, 1.82) is 0 Å². The lowest BCUT2D eigenvalue weighted by atomic mass is 10.4. The van der Waals surface area contributed by atoms with Gasteiger partial charge in [-0.1, -0.05) is 0 Å². The molecule has 1 aromatic heterocycles. The molecule has 2 rings (SSSR count). The Kier molecular flexibility index (Phi) is 1.49. The van der Waals surface area contributed by atoms with Crippen LogP contribution in [0.5, 0.6) is 5.88 Å². The van der Waals surface area contributed by atoms with Gasteiger partial charge in [0.25, 0.3) is 0 Å². The molecule has 0 N–H and O–H groups in total. The Labute approximate surface area is 65.4 Å². The minimum absolute atomic E-state index is 0.571. The van der Waals surface area contributed by atoms with E-state index in [-0.39, 0.29) is 0 Å². The maximum absolute atomic E-state index is 4.95. The summed E-state index contributed by atoms with van der Waals surface area (Å²) in [6.45, 7) is 0. The number of rotatable bonds is 2. The van der Waals surface area contributed by atoms with Crippen LogP contribution >= 0.6 is 0 Å². The van der Waals surface area contributed by atoms with Crippen molar-refractivity contribution < 1.29 is 4.74 Å². The van der Waals surface area contributed by atoms with E-state index >= 15 is 0 Å². The highest BCUT2D eigenvalue weighted by Crippen LogP contribution is 2.38. The van der Waals surface area contributed by atoms with Crippen molar-refractivity contribution in [2.24, 2.45) is 0 Å². The van der Waals surface area contributed by atoms with E-state index in [1.165, 1.54) is 12.8 Å². The van der Waals surface area contributed by atoms with Gasteiger partial charge in [0, 0.05) is 12.0 Å². The van der Waals surface area contributed by atoms with E-state index < -0.39 is 0 Å². The molecule has 0 unspecified atom stereocenters. The number of hydrogen-bond donors (Lipinski definition) is 0. The Hall–Kier alpha value is -1.12. The molecule has 1 heterocycles. The minimum atomic E-state index is 0.571. The third-order valence-corrected chi connectivity index (χ3v) is 1.74. The van der Waals surface area contributed by atoms with Gasteiger partial charge in [0.15, 0.2) is 0 Å². The first-order valence-electron chi connectivity index (χ1n) is 3.69. The molecule has 0 aromatic carbocycles. The topological polar surface area (TPSA) is 35.0 Å². The van der Waals surface area contributed by atoms with Crippen LogP contribution in [0.4, 0.5) is 0 Å². The van der Waals surface area contributed by atoms with Gasteiger partial charge in [-0.05, 0) is 12.8 Å². The molecule has 0 amide bonds. The second-order valence-electron chi connectivity index (χ2n) is 2.67. The van der Waals surface area contributed by atoms with E-state index in [0.29, 0.717) is 11.8 Å². The quantitative estimate of drug-likeness (QED) is 0.633. The molecule has 1 aliphatic carbocycles. The van der Waals surface area contributed by atoms with Crippen molar-refractivity contribution in [2.75, 3.05) is 7.11 Å². The van der Waals surface area contributed by atoms with Crippen molar-refractivity contribution in [3.8, 4) is 5.88 Å². The van der Waals surface area contributed by atoms with E-state index in [9.17, 15) is 0 Å². The summed E-state index contributed by atoms with van der Waals surface area (Å²) in [4.78, 5) is 8.22. The van der Waals surface area contributed by atoms with Crippen molar-refractivity contribution in [2.45, 2.75) is 18.8 Å². The van der Waals surface area contributed by atoms with Crippen molar-refractivity contribution in [3.63, 3.8) is 0 Å². The molecule has 0 saturated heterocycles. The second-order valence-corrected chi connectivity index (χ2v) is 2.67. The summed E-state index contributed by atoms with van der Waals surface area (Å²) in [6.07, 6.45) is 5.18. The first-order chi connectivity index (χ1) is 5.40. The molecule has 1 aromatic rings. The van der Waals surface area contributed by atoms with Crippen LogP contribution in [0.25, 0.3) is 0 Å². The molecule has 3 nitrogen and oxygen atoms in total. The lowest BCUT2D eigenvalue weighted by molar-refractivity contribution is 0.394. The van der Waals surface area contributed by atoms with Gasteiger partial charge in [0.05, 0.1) is 13.3 Å². The summed E-state index contributed by atoms with van der Waals surface area (Å²) in [5.41, 5.74) is 0. The molecule has 0 spiro atoms. The molecular weight excluding hydrogens is 140 g/mol. The molecule has 1 fully saturated rings. The maximum Gasteiger partial charge on any atom is 0.216 e. The van der Waals surface area contributed by atoms with Crippen LogP contribution in [0.3, 0.4) is 0 Å². The van der Waals surface area contributed by atoms with Crippen LogP contribution in [0.15, 0.2) is 6.07 Å². The number of hydrogen-bond acceptors (Lipinski definition) is 3. The second kappa shape index (κ2) is 2.49. The monoisotopic (exact) mass is 149 g/mol. The highest BCUT2D eigenvalue weighted by atomic mass is 16.5. The average Bonchev–Trinajstić information content (AvgIpc) is 2.87. The van der Waals surface area contributed by atoms with Crippen LogP contribution in [0.2, 0.25) is 0 Å². The van der Waals surface area contributed by atoms with Gasteiger partial charge in [-0.3, -0.25) is 0 Å². The molecule has 0 bridgehead atoms. The van der Waals surface area contributed by atoms with Gasteiger partial charge in [-0.2, -0.15) is 4.98 Å². The molecule has 11 heavy (non-hydrogen) atoms. The summed E-state index contributed by atoms with van der Waals surface area (Å²) in [6, 6.07) is 1.64. The van der Waals surface area contributed by atoms with Crippen molar-refractivity contribution in [1.82, 2.24) is 9.97 Å².